The van der Waals surface area contributed by atoms with E-state index >= 15 is 0 Å². The van der Waals surface area contributed by atoms with Crippen LogP contribution in [0, 0.1) is 17.2 Å². The third-order valence-corrected chi connectivity index (χ3v) is 3.39. The van der Waals surface area contributed by atoms with E-state index in [1.165, 1.54) is 0 Å². The molecule has 1 rings (SSSR count). The molecule has 0 aromatic rings. The first-order chi connectivity index (χ1) is 8.24. The molecule has 0 aliphatic carbocycles. The minimum absolute atomic E-state index is 0.00482. The van der Waals surface area contributed by atoms with Gasteiger partial charge in [-0.05, 0) is 32.1 Å². The van der Waals surface area contributed by atoms with Crippen molar-refractivity contribution in [2.45, 2.75) is 51.5 Å². The first-order valence-corrected chi connectivity index (χ1v) is 6.55. The standard InChI is InChI=1S/C13H22N2O2/c1-2-5-11(10-14)13(17)15-8-3-6-12(15)7-4-9-16/h11-12,16H,2-9H2,1H3. The first-order valence-electron chi connectivity index (χ1n) is 6.55. The molecule has 1 heterocycles. The van der Waals surface area contributed by atoms with Crippen LogP contribution < -0.4 is 0 Å². The summed E-state index contributed by atoms with van der Waals surface area (Å²) in [5, 5.41) is 17.8. The lowest BCUT2D eigenvalue weighted by Gasteiger charge is -2.26. The Labute approximate surface area is 103 Å². The molecular formula is C13H22N2O2. The molecule has 1 amide bonds. The molecule has 0 bridgehead atoms. The predicted octanol–water partition coefficient (Wildman–Crippen LogP) is 1.69. The Bertz CT molecular complexity index is 286. The molecule has 0 aromatic heterocycles. The smallest absolute Gasteiger partial charge is 0.240 e. The Morgan fingerprint density at radius 1 is 1.65 bits per heavy atom. The van der Waals surface area contributed by atoms with Crippen LogP contribution in [0.25, 0.3) is 0 Å². The summed E-state index contributed by atoms with van der Waals surface area (Å²) < 4.78 is 0. The summed E-state index contributed by atoms with van der Waals surface area (Å²) in [6, 6.07) is 2.35. The third kappa shape index (κ3) is 3.71. The van der Waals surface area contributed by atoms with E-state index in [9.17, 15) is 4.79 Å². The normalized spacial score (nSPS) is 21.2. The molecule has 0 aromatic carbocycles. The van der Waals surface area contributed by atoms with Crippen molar-refractivity contribution >= 4 is 5.91 Å². The van der Waals surface area contributed by atoms with Gasteiger partial charge in [-0.15, -0.1) is 0 Å². The molecule has 1 fully saturated rings. The average molecular weight is 238 g/mol. The van der Waals surface area contributed by atoms with Crippen molar-refractivity contribution in [1.29, 1.82) is 5.26 Å². The average Bonchev–Trinajstić information content (AvgIpc) is 2.80. The van der Waals surface area contributed by atoms with E-state index in [-0.39, 0.29) is 18.6 Å². The van der Waals surface area contributed by atoms with Crippen LogP contribution >= 0.6 is 0 Å². The summed E-state index contributed by atoms with van der Waals surface area (Å²) >= 11 is 0. The Morgan fingerprint density at radius 3 is 3.00 bits per heavy atom. The molecular weight excluding hydrogens is 216 g/mol. The van der Waals surface area contributed by atoms with E-state index in [0.29, 0.717) is 6.42 Å². The van der Waals surface area contributed by atoms with Crippen LogP contribution in [0.3, 0.4) is 0 Å². The zero-order valence-corrected chi connectivity index (χ0v) is 10.6. The molecule has 1 aliphatic rings. The molecule has 96 valence electrons. The van der Waals surface area contributed by atoms with Gasteiger partial charge in [-0.25, -0.2) is 0 Å². The van der Waals surface area contributed by atoms with Gasteiger partial charge in [0.05, 0.1) is 6.07 Å². The molecule has 1 aliphatic heterocycles. The van der Waals surface area contributed by atoms with E-state index in [4.69, 9.17) is 10.4 Å². The fourth-order valence-electron chi connectivity index (χ4n) is 2.48. The van der Waals surface area contributed by atoms with Gasteiger partial charge in [0.1, 0.15) is 5.92 Å². The number of hydrogen-bond acceptors (Lipinski definition) is 3. The van der Waals surface area contributed by atoms with Crippen LogP contribution in [-0.4, -0.2) is 35.1 Å². The zero-order chi connectivity index (χ0) is 12.7. The van der Waals surface area contributed by atoms with Crippen LogP contribution in [-0.2, 0) is 4.79 Å². The molecule has 17 heavy (non-hydrogen) atoms. The van der Waals surface area contributed by atoms with Crippen LogP contribution in [0.2, 0.25) is 0 Å². The fourth-order valence-corrected chi connectivity index (χ4v) is 2.48. The quantitative estimate of drug-likeness (QED) is 0.766. The van der Waals surface area contributed by atoms with Crippen molar-refractivity contribution in [2.75, 3.05) is 13.2 Å². The lowest BCUT2D eigenvalue weighted by Crippen LogP contribution is -2.39. The monoisotopic (exact) mass is 238 g/mol. The maximum absolute atomic E-state index is 12.2. The second-order valence-corrected chi connectivity index (χ2v) is 4.66. The summed E-state index contributed by atoms with van der Waals surface area (Å²) in [4.78, 5) is 14.0. The maximum Gasteiger partial charge on any atom is 0.240 e. The molecule has 1 N–H and O–H groups in total. The number of hydrogen-bond donors (Lipinski definition) is 1. The number of aliphatic hydroxyl groups is 1. The van der Waals surface area contributed by atoms with Crippen LogP contribution in [0.4, 0.5) is 0 Å². The van der Waals surface area contributed by atoms with Gasteiger partial charge < -0.3 is 10.0 Å². The van der Waals surface area contributed by atoms with Crippen LogP contribution in [0.15, 0.2) is 0 Å². The van der Waals surface area contributed by atoms with Crippen molar-refractivity contribution in [3.8, 4) is 6.07 Å². The van der Waals surface area contributed by atoms with E-state index in [1.807, 2.05) is 11.8 Å². The summed E-state index contributed by atoms with van der Waals surface area (Å²) in [6.45, 7) is 2.94. The van der Waals surface area contributed by atoms with Gasteiger partial charge in [-0.2, -0.15) is 5.26 Å². The Balaban J connectivity index is 2.57. The molecule has 2 unspecified atom stereocenters. The number of amides is 1. The number of nitrogens with zero attached hydrogens (tertiary/aromatic N) is 2. The van der Waals surface area contributed by atoms with Crippen molar-refractivity contribution < 1.29 is 9.90 Å². The van der Waals surface area contributed by atoms with E-state index in [1.54, 1.807) is 0 Å². The second kappa shape index (κ2) is 7.29. The number of rotatable bonds is 6. The van der Waals surface area contributed by atoms with Crippen molar-refractivity contribution in [2.24, 2.45) is 5.92 Å². The van der Waals surface area contributed by atoms with Crippen molar-refractivity contribution in [3.05, 3.63) is 0 Å². The molecule has 4 heteroatoms. The number of carbonyl (C=O) groups is 1. The molecule has 0 radical (unpaired) electrons. The molecule has 1 saturated heterocycles. The van der Waals surface area contributed by atoms with Crippen LogP contribution in [0.1, 0.15) is 45.4 Å². The van der Waals surface area contributed by atoms with Gasteiger partial charge in [0.2, 0.25) is 5.91 Å². The highest BCUT2D eigenvalue weighted by molar-refractivity contribution is 5.81. The van der Waals surface area contributed by atoms with E-state index in [0.717, 1.165) is 38.6 Å². The lowest BCUT2D eigenvalue weighted by molar-refractivity contribution is -0.134. The van der Waals surface area contributed by atoms with Crippen molar-refractivity contribution in [1.82, 2.24) is 4.90 Å². The summed E-state index contributed by atoms with van der Waals surface area (Å²) in [5.41, 5.74) is 0. The number of likely N-dealkylation sites (tertiary alicyclic amines) is 1. The zero-order valence-electron chi connectivity index (χ0n) is 10.6. The number of aliphatic hydroxyl groups excluding tert-OH is 1. The lowest BCUT2D eigenvalue weighted by atomic mass is 10.0. The summed E-state index contributed by atoms with van der Waals surface area (Å²) in [7, 11) is 0. The van der Waals surface area contributed by atoms with Gasteiger partial charge in [0.25, 0.3) is 0 Å². The van der Waals surface area contributed by atoms with Crippen molar-refractivity contribution in [3.63, 3.8) is 0 Å². The largest absolute Gasteiger partial charge is 0.396 e. The van der Waals surface area contributed by atoms with E-state index < -0.39 is 5.92 Å². The highest BCUT2D eigenvalue weighted by Crippen LogP contribution is 2.24. The minimum atomic E-state index is -0.477. The first kappa shape index (κ1) is 14.0. The molecule has 0 saturated carbocycles. The number of carbonyl (C=O) groups excluding carboxylic acids is 1. The fraction of sp³-hybridized carbons (Fsp3) is 0.846. The van der Waals surface area contributed by atoms with Gasteiger partial charge in [0.15, 0.2) is 0 Å². The Morgan fingerprint density at radius 2 is 2.41 bits per heavy atom. The van der Waals surface area contributed by atoms with Gasteiger partial charge >= 0.3 is 0 Å². The second-order valence-electron chi connectivity index (χ2n) is 4.66. The minimum Gasteiger partial charge on any atom is -0.396 e. The molecule has 0 spiro atoms. The third-order valence-electron chi connectivity index (χ3n) is 3.39. The predicted molar refractivity (Wildman–Crippen MR) is 65.1 cm³/mol. The summed E-state index contributed by atoms with van der Waals surface area (Å²) in [5.74, 6) is -0.482. The topological polar surface area (TPSA) is 64.3 Å². The Kier molecular flexibility index (Phi) is 5.99. The Hall–Kier alpha value is -1.08. The molecule has 2 atom stereocenters. The van der Waals surface area contributed by atoms with Crippen LogP contribution in [0.5, 0.6) is 0 Å². The van der Waals surface area contributed by atoms with Gasteiger partial charge in [-0.1, -0.05) is 13.3 Å². The van der Waals surface area contributed by atoms with E-state index in [2.05, 4.69) is 6.07 Å². The molecule has 4 nitrogen and oxygen atoms in total. The summed E-state index contributed by atoms with van der Waals surface area (Å²) in [6.07, 6.45) is 5.13. The maximum atomic E-state index is 12.2. The van der Waals surface area contributed by atoms with Gasteiger partial charge in [0, 0.05) is 19.2 Å². The SMILES string of the molecule is CCCC(C#N)C(=O)N1CCCC1CCCO. The number of nitriles is 1. The van der Waals surface area contributed by atoms with Gasteiger partial charge in [-0.3, -0.25) is 4.79 Å². The highest BCUT2D eigenvalue weighted by Gasteiger charge is 2.32. The highest BCUT2D eigenvalue weighted by atomic mass is 16.3.